The average molecular weight is 407 g/mol. The van der Waals surface area contributed by atoms with E-state index in [0.717, 1.165) is 31.9 Å². The molecule has 0 saturated carbocycles. The van der Waals surface area contributed by atoms with Crippen molar-refractivity contribution in [2.75, 3.05) is 59.9 Å². The van der Waals surface area contributed by atoms with Gasteiger partial charge >= 0.3 is 0 Å². The summed E-state index contributed by atoms with van der Waals surface area (Å²) in [5, 5.41) is 3.53. The number of allylic oxidation sites excluding steroid dienone is 1. The molecule has 0 aromatic heterocycles. The normalized spacial score (nSPS) is 27.9. The third kappa shape index (κ3) is 5.41. The Labute approximate surface area is 146 Å². The minimum atomic E-state index is 0. The summed E-state index contributed by atoms with van der Waals surface area (Å²) in [6.07, 6.45) is 4.17. The number of guanidine groups is 1. The number of piperazine rings is 3. The van der Waals surface area contributed by atoms with E-state index in [9.17, 15) is 0 Å². The molecule has 1 unspecified atom stereocenters. The van der Waals surface area contributed by atoms with E-state index in [0.29, 0.717) is 6.04 Å². The molecule has 0 aromatic carbocycles. The minimum absolute atomic E-state index is 0. The van der Waals surface area contributed by atoms with Gasteiger partial charge < -0.3 is 10.2 Å². The molecule has 0 amide bonds. The molecule has 3 saturated heterocycles. The zero-order valence-electron chi connectivity index (χ0n) is 13.4. The van der Waals surface area contributed by atoms with Crippen molar-refractivity contribution in [3.8, 4) is 0 Å². The Morgan fingerprint density at radius 3 is 2.62 bits per heavy atom. The van der Waals surface area contributed by atoms with Gasteiger partial charge in [-0.1, -0.05) is 6.08 Å². The van der Waals surface area contributed by atoms with Gasteiger partial charge in [-0.15, -0.1) is 30.6 Å². The second-order valence-corrected chi connectivity index (χ2v) is 5.77. The molecule has 5 nitrogen and oxygen atoms in total. The van der Waals surface area contributed by atoms with Crippen molar-refractivity contribution in [3.63, 3.8) is 0 Å². The molecule has 3 rings (SSSR count). The van der Waals surface area contributed by atoms with Crippen molar-refractivity contribution in [1.29, 1.82) is 0 Å². The summed E-state index contributed by atoms with van der Waals surface area (Å²) in [6, 6.07) is 0.635. The molecule has 122 valence electrons. The zero-order valence-corrected chi connectivity index (χ0v) is 15.8. The van der Waals surface area contributed by atoms with Crippen LogP contribution in [0.1, 0.15) is 12.8 Å². The third-order valence-corrected chi connectivity index (χ3v) is 4.36. The highest BCUT2D eigenvalue weighted by atomic mass is 127. The van der Waals surface area contributed by atoms with Crippen molar-refractivity contribution < 1.29 is 0 Å². The summed E-state index contributed by atoms with van der Waals surface area (Å²) in [5.74, 6) is 1.01. The fraction of sp³-hybridized carbons (Fsp3) is 0.800. The van der Waals surface area contributed by atoms with Gasteiger partial charge in [-0.25, -0.2) is 0 Å². The maximum atomic E-state index is 4.39. The van der Waals surface area contributed by atoms with E-state index in [1.807, 2.05) is 13.1 Å². The van der Waals surface area contributed by atoms with E-state index in [4.69, 9.17) is 0 Å². The van der Waals surface area contributed by atoms with Gasteiger partial charge in [0.1, 0.15) is 0 Å². The van der Waals surface area contributed by atoms with Crippen molar-refractivity contribution in [2.24, 2.45) is 4.99 Å². The number of rotatable bonds is 6. The van der Waals surface area contributed by atoms with E-state index in [2.05, 4.69) is 38.6 Å². The summed E-state index contributed by atoms with van der Waals surface area (Å²) in [4.78, 5) is 11.8. The van der Waals surface area contributed by atoms with Crippen LogP contribution in [0.4, 0.5) is 0 Å². The van der Waals surface area contributed by atoms with Gasteiger partial charge in [0, 0.05) is 66.0 Å². The Morgan fingerprint density at radius 2 is 2.10 bits per heavy atom. The zero-order chi connectivity index (χ0) is 14.4. The Bertz CT molecular complexity index is 339. The van der Waals surface area contributed by atoms with Gasteiger partial charge in [-0.05, 0) is 12.8 Å². The van der Waals surface area contributed by atoms with Crippen molar-refractivity contribution in [1.82, 2.24) is 20.0 Å². The number of halogens is 1. The summed E-state index contributed by atoms with van der Waals surface area (Å²) in [5.41, 5.74) is 0. The highest BCUT2D eigenvalue weighted by molar-refractivity contribution is 14.0. The first-order chi connectivity index (χ1) is 9.74. The van der Waals surface area contributed by atoms with Crippen LogP contribution in [-0.2, 0) is 0 Å². The monoisotopic (exact) mass is 407 g/mol. The number of hydrogen-bond acceptors (Lipinski definition) is 3. The highest BCUT2D eigenvalue weighted by Crippen LogP contribution is 2.14. The Kier molecular flexibility index (Phi) is 8.58. The van der Waals surface area contributed by atoms with Crippen molar-refractivity contribution in [2.45, 2.75) is 18.9 Å². The van der Waals surface area contributed by atoms with Gasteiger partial charge in [0.25, 0.3) is 0 Å². The summed E-state index contributed by atoms with van der Waals surface area (Å²) in [7, 11) is 3.97. The number of nitrogens with zero attached hydrogens (tertiary/aromatic N) is 4. The van der Waals surface area contributed by atoms with E-state index in [1.54, 1.807) is 0 Å². The quantitative estimate of drug-likeness (QED) is 0.235. The SMILES string of the molecule is C=CCCCN(C)C(=NC)NCC1CN2CCN1CC2.I. The molecular weight excluding hydrogens is 377 g/mol. The van der Waals surface area contributed by atoms with E-state index in [-0.39, 0.29) is 24.0 Å². The maximum absolute atomic E-state index is 4.39. The second kappa shape index (κ2) is 9.63. The Balaban J connectivity index is 0.00000220. The first-order valence-corrected chi connectivity index (χ1v) is 7.73. The second-order valence-electron chi connectivity index (χ2n) is 5.77. The molecule has 0 aliphatic carbocycles. The largest absolute Gasteiger partial charge is 0.355 e. The van der Waals surface area contributed by atoms with Crippen LogP contribution >= 0.6 is 24.0 Å². The molecule has 0 radical (unpaired) electrons. The highest BCUT2D eigenvalue weighted by Gasteiger charge is 2.31. The van der Waals surface area contributed by atoms with Crippen LogP contribution in [0.3, 0.4) is 0 Å². The number of hydrogen-bond donors (Lipinski definition) is 1. The van der Waals surface area contributed by atoms with Crippen LogP contribution in [0.25, 0.3) is 0 Å². The van der Waals surface area contributed by atoms with E-state index < -0.39 is 0 Å². The molecular formula is C15H30IN5. The third-order valence-electron chi connectivity index (χ3n) is 4.36. The van der Waals surface area contributed by atoms with Crippen LogP contribution in [0.5, 0.6) is 0 Å². The topological polar surface area (TPSA) is 34.1 Å². The van der Waals surface area contributed by atoms with E-state index in [1.165, 1.54) is 32.7 Å². The number of nitrogens with one attached hydrogen (secondary N) is 1. The average Bonchev–Trinajstić information content (AvgIpc) is 2.49. The summed E-state index contributed by atoms with van der Waals surface area (Å²) < 4.78 is 0. The fourth-order valence-corrected chi connectivity index (χ4v) is 3.09. The van der Waals surface area contributed by atoms with Crippen molar-refractivity contribution in [3.05, 3.63) is 12.7 Å². The summed E-state index contributed by atoms with van der Waals surface area (Å²) in [6.45, 7) is 11.9. The minimum Gasteiger partial charge on any atom is -0.355 e. The first-order valence-electron chi connectivity index (χ1n) is 7.73. The predicted molar refractivity (Wildman–Crippen MR) is 101 cm³/mol. The lowest BCUT2D eigenvalue weighted by atomic mass is 10.1. The van der Waals surface area contributed by atoms with Gasteiger partial charge in [0.2, 0.25) is 0 Å². The standard InChI is InChI=1S/C15H29N5.HI/c1-4-5-6-7-18(3)15(16-2)17-12-14-13-19-8-10-20(14)11-9-19;/h4,14H,1,5-13H2,2-3H3,(H,16,17);1H. The smallest absolute Gasteiger partial charge is 0.193 e. The van der Waals surface area contributed by atoms with Gasteiger partial charge in [0.15, 0.2) is 5.96 Å². The molecule has 0 spiro atoms. The van der Waals surface area contributed by atoms with Crippen LogP contribution in [0, 0.1) is 0 Å². The molecule has 1 atom stereocenters. The molecule has 3 fully saturated rings. The predicted octanol–water partition coefficient (Wildman–Crippen LogP) is 1.08. The molecule has 1 N–H and O–H groups in total. The van der Waals surface area contributed by atoms with Crippen LogP contribution in [0.15, 0.2) is 17.6 Å². The lowest BCUT2D eigenvalue weighted by Gasteiger charge is -2.47. The van der Waals surface area contributed by atoms with Gasteiger partial charge in [0.05, 0.1) is 0 Å². The molecule has 2 bridgehead atoms. The van der Waals surface area contributed by atoms with E-state index >= 15 is 0 Å². The Hall–Kier alpha value is -0.340. The number of fused-ring (bicyclic) bond motifs is 3. The molecule has 6 heteroatoms. The Morgan fingerprint density at radius 1 is 1.38 bits per heavy atom. The number of unbranched alkanes of at least 4 members (excludes halogenated alkanes) is 1. The van der Waals surface area contributed by atoms with Crippen LogP contribution in [0.2, 0.25) is 0 Å². The van der Waals surface area contributed by atoms with Gasteiger partial charge in [-0.3, -0.25) is 14.8 Å². The molecule has 3 aliphatic heterocycles. The molecule has 3 heterocycles. The van der Waals surface area contributed by atoms with Gasteiger partial charge in [-0.2, -0.15) is 0 Å². The lowest BCUT2D eigenvalue weighted by Crippen LogP contribution is -2.63. The van der Waals surface area contributed by atoms with Crippen molar-refractivity contribution >= 4 is 29.9 Å². The fourth-order valence-electron chi connectivity index (χ4n) is 3.09. The molecule has 0 aromatic rings. The molecule has 21 heavy (non-hydrogen) atoms. The van der Waals surface area contributed by atoms with Crippen LogP contribution in [-0.4, -0.2) is 86.6 Å². The molecule has 3 aliphatic rings. The first kappa shape index (κ1) is 18.7. The van der Waals surface area contributed by atoms with Crippen LogP contribution < -0.4 is 5.32 Å². The maximum Gasteiger partial charge on any atom is 0.193 e. The summed E-state index contributed by atoms with van der Waals surface area (Å²) >= 11 is 0. The number of aliphatic imine (C=N–C) groups is 1. The lowest BCUT2D eigenvalue weighted by molar-refractivity contribution is 0.0152.